The number of halogens is 6. The van der Waals surface area contributed by atoms with Crippen LogP contribution >= 0.6 is 0 Å². The SMILES string of the molecule is COC(=O)c1cnc(N2C3CC[C@H]2CC(OCc2c(-c4ccccc4OC(F)(F)F)noc2C2CC2)C3)nc1C(F)(F)F. The van der Waals surface area contributed by atoms with E-state index in [0.29, 0.717) is 37.0 Å². The van der Waals surface area contributed by atoms with Gasteiger partial charge in [0.2, 0.25) is 5.95 Å². The van der Waals surface area contributed by atoms with E-state index in [1.165, 1.54) is 18.2 Å². The first-order chi connectivity index (χ1) is 20.4. The standard InChI is InChI=1S/C28H26F6N4O5/c1-40-25(39)19-12-35-26(36-24(19)27(29,30)31)38-15-8-9-16(38)11-17(10-15)41-13-20-22(37-43-23(20)14-6-7-14)18-4-2-3-5-21(18)42-28(32,33)34/h2-5,12,14-17H,6-11,13H2,1H3/t15-,16?,17?/m0/s1. The second-order valence-electron chi connectivity index (χ2n) is 10.8. The first-order valence-corrected chi connectivity index (χ1v) is 13.7. The van der Waals surface area contributed by atoms with E-state index >= 15 is 0 Å². The lowest BCUT2D eigenvalue weighted by molar-refractivity contribution is -0.274. The lowest BCUT2D eigenvalue weighted by atomic mass is 9.99. The molecule has 1 aromatic carbocycles. The van der Waals surface area contributed by atoms with E-state index in [1.54, 1.807) is 11.0 Å². The number of hydrogen-bond acceptors (Lipinski definition) is 9. The number of piperidine rings is 1. The quantitative estimate of drug-likeness (QED) is 0.211. The van der Waals surface area contributed by atoms with Gasteiger partial charge in [0.1, 0.15) is 22.8 Å². The van der Waals surface area contributed by atoms with E-state index in [4.69, 9.17) is 9.26 Å². The minimum atomic E-state index is -4.90. The smallest absolute Gasteiger partial charge is 0.465 e. The molecule has 0 amide bonds. The van der Waals surface area contributed by atoms with Crippen LogP contribution in [0.2, 0.25) is 0 Å². The van der Waals surface area contributed by atoms with Crippen LogP contribution in [0.3, 0.4) is 0 Å². The summed E-state index contributed by atoms with van der Waals surface area (Å²) in [6.45, 7) is 0.0255. The van der Waals surface area contributed by atoms with Gasteiger partial charge in [-0.3, -0.25) is 0 Å². The Hall–Kier alpha value is -3.88. The fourth-order valence-corrected chi connectivity index (χ4v) is 5.98. The molecule has 0 N–H and O–H groups in total. The zero-order chi connectivity index (χ0) is 30.5. The second kappa shape index (κ2) is 11.0. The van der Waals surface area contributed by atoms with Gasteiger partial charge in [-0.15, -0.1) is 13.2 Å². The molecule has 2 saturated heterocycles. The molecule has 2 aliphatic heterocycles. The number of alkyl halides is 6. The molecule has 6 rings (SSSR count). The summed E-state index contributed by atoms with van der Waals surface area (Å²) in [5.41, 5.74) is -1.24. The molecular formula is C28H26F6N4O5. The summed E-state index contributed by atoms with van der Waals surface area (Å²) in [6.07, 6.45) is -5.22. The molecule has 0 radical (unpaired) electrons. The zero-order valence-electron chi connectivity index (χ0n) is 22.7. The molecule has 1 aliphatic carbocycles. The minimum Gasteiger partial charge on any atom is -0.465 e. The number of methoxy groups -OCH3 is 1. The maximum absolute atomic E-state index is 13.7. The third kappa shape index (κ3) is 5.99. The van der Waals surface area contributed by atoms with E-state index in [1.807, 2.05) is 0 Å². The Morgan fingerprint density at radius 1 is 1.05 bits per heavy atom. The molecule has 0 spiro atoms. The molecule has 1 saturated carbocycles. The molecule has 3 atom stereocenters. The predicted molar refractivity (Wildman–Crippen MR) is 136 cm³/mol. The molecular weight excluding hydrogens is 586 g/mol. The average molecular weight is 613 g/mol. The van der Waals surface area contributed by atoms with Crippen molar-refractivity contribution in [1.82, 2.24) is 15.1 Å². The fraction of sp³-hybridized carbons (Fsp3) is 0.500. The summed E-state index contributed by atoms with van der Waals surface area (Å²) >= 11 is 0. The predicted octanol–water partition coefficient (Wildman–Crippen LogP) is 6.43. The number of fused-ring (bicyclic) bond motifs is 2. The third-order valence-electron chi connectivity index (χ3n) is 7.97. The van der Waals surface area contributed by atoms with E-state index in [9.17, 15) is 31.1 Å². The number of para-hydroxylation sites is 1. The Bertz CT molecular complexity index is 1490. The number of anilines is 1. The van der Waals surface area contributed by atoms with Gasteiger partial charge >= 0.3 is 18.5 Å². The molecule has 3 aromatic rings. The van der Waals surface area contributed by atoms with Crippen LogP contribution in [0.1, 0.15) is 71.8 Å². The van der Waals surface area contributed by atoms with Crippen molar-refractivity contribution in [2.75, 3.05) is 12.0 Å². The van der Waals surface area contributed by atoms with Crippen LogP contribution in [0, 0.1) is 0 Å². The van der Waals surface area contributed by atoms with Gasteiger partial charge in [0, 0.05) is 35.3 Å². The fourth-order valence-electron chi connectivity index (χ4n) is 5.98. The molecule has 43 heavy (non-hydrogen) atoms. The van der Waals surface area contributed by atoms with E-state index in [-0.39, 0.29) is 47.9 Å². The number of nitrogens with zero attached hydrogens (tertiary/aromatic N) is 4. The number of rotatable bonds is 8. The van der Waals surface area contributed by atoms with Crippen molar-refractivity contribution in [2.24, 2.45) is 0 Å². The number of aromatic nitrogens is 3. The van der Waals surface area contributed by atoms with Gasteiger partial charge in [0.15, 0.2) is 5.69 Å². The first-order valence-electron chi connectivity index (χ1n) is 13.7. The van der Waals surface area contributed by atoms with Crippen molar-refractivity contribution in [2.45, 2.75) is 81.8 Å². The highest BCUT2D eigenvalue weighted by atomic mass is 19.4. The maximum Gasteiger partial charge on any atom is 0.573 e. The Labute approximate surface area is 241 Å². The maximum atomic E-state index is 13.7. The number of ether oxygens (including phenoxy) is 3. The number of esters is 1. The van der Waals surface area contributed by atoms with E-state index in [2.05, 4.69) is 24.6 Å². The normalized spacial score (nSPS) is 22.1. The summed E-state index contributed by atoms with van der Waals surface area (Å²) in [6, 6.07) is 5.26. The van der Waals surface area contributed by atoms with Gasteiger partial charge in [-0.1, -0.05) is 17.3 Å². The Morgan fingerprint density at radius 3 is 2.37 bits per heavy atom. The zero-order valence-corrected chi connectivity index (χ0v) is 22.7. The lowest BCUT2D eigenvalue weighted by Gasteiger charge is -2.39. The topological polar surface area (TPSA) is 99.8 Å². The summed E-state index contributed by atoms with van der Waals surface area (Å²) in [4.78, 5) is 21.5. The number of carbonyl (C=O) groups is 1. The van der Waals surface area contributed by atoms with Crippen molar-refractivity contribution in [3.05, 3.63) is 53.0 Å². The van der Waals surface area contributed by atoms with Crippen LogP contribution in [0.4, 0.5) is 32.3 Å². The summed E-state index contributed by atoms with van der Waals surface area (Å²) < 4.78 is 101. The monoisotopic (exact) mass is 612 g/mol. The molecule has 2 unspecified atom stereocenters. The minimum absolute atomic E-state index is 0.0255. The molecule has 3 fully saturated rings. The van der Waals surface area contributed by atoms with Crippen molar-refractivity contribution in [3.8, 4) is 17.0 Å². The molecule has 3 aliphatic rings. The first kappa shape index (κ1) is 29.2. The van der Waals surface area contributed by atoms with Crippen molar-refractivity contribution >= 4 is 11.9 Å². The van der Waals surface area contributed by atoms with Crippen LogP contribution in [0.25, 0.3) is 11.3 Å². The van der Waals surface area contributed by atoms with Crippen molar-refractivity contribution in [3.63, 3.8) is 0 Å². The van der Waals surface area contributed by atoms with Gasteiger partial charge in [0.25, 0.3) is 0 Å². The van der Waals surface area contributed by atoms with Crippen LogP contribution in [-0.4, -0.2) is 52.8 Å². The highest BCUT2D eigenvalue weighted by Gasteiger charge is 2.45. The number of carbonyl (C=O) groups excluding carboxylic acids is 1. The molecule has 4 heterocycles. The van der Waals surface area contributed by atoms with Crippen LogP contribution in [0.15, 0.2) is 35.0 Å². The van der Waals surface area contributed by atoms with Crippen molar-refractivity contribution < 1.29 is 49.9 Å². The second-order valence-corrected chi connectivity index (χ2v) is 10.8. The highest BCUT2D eigenvalue weighted by Crippen LogP contribution is 2.46. The molecule has 15 heteroatoms. The van der Waals surface area contributed by atoms with Gasteiger partial charge in [-0.25, -0.2) is 14.8 Å². The number of benzene rings is 1. The lowest BCUT2D eigenvalue weighted by Crippen LogP contribution is -2.46. The van der Waals surface area contributed by atoms with Gasteiger partial charge in [-0.05, 0) is 50.7 Å². The Morgan fingerprint density at radius 2 is 1.74 bits per heavy atom. The van der Waals surface area contributed by atoms with E-state index < -0.39 is 35.5 Å². The van der Waals surface area contributed by atoms with E-state index in [0.717, 1.165) is 26.1 Å². The summed E-state index contributed by atoms with van der Waals surface area (Å²) in [5, 5.41) is 4.10. The third-order valence-corrected chi connectivity index (χ3v) is 7.97. The summed E-state index contributed by atoms with van der Waals surface area (Å²) in [5.74, 6) is -1.04. The van der Waals surface area contributed by atoms with Crippen LogP contribution in [0.5, 0.6) is 5.75 Å². The van der Waals surface area contributed by atoms with Gasteiger partial charge in [0.05, 0.1) is 19.8 Å². The Balaban J connectivity index is 1.21. The molecule has 9 nitrogen and oxygen atoms in total. The molecule has 2 bridgehead atoms. The van der Waals surface area contributed by atoms with Crippen molar-refractivity contribution in [1.29, 1.82) is 0 Å². The largest absolute Gasteiger partial charge is 0.573 e. The summed E-state index contributed by atoms with van der Waals surface area (Å²) in [7, 11) is 0.979. The molecule has 2 aromatic heterocycles. The number of hydrogen-bond donors (Lipinski definition) is 0. The van der Waals surface area contributed by atoms with Gasteiger partial charge < -0.3 is 23.6 Å². The van der Waals surface area contributed by atoms with Gasteiger partial charge in [-0.2, -0.15) is 13.2 Å². The van der Waals surface area contributed by atoms with Crippen LogP contribution in [-0.2, 0) is 22.3 Å². The Kier molecular flexibility index (Phi) is 7.47. The van der Waals surface area contributed by atoms with Crippen LogP contribution < -0.4 is 9.64 Å². The molecule has 230 valence electrons. The highest BCUT2D eigenvalue weighted by molar-refractivity contribution is 5.90. The average Bonchev–Trinajstić information content (AvgIpc) is 3.66.